The first-order chi connectivity index (χ1) is 24.5. The first kappa shape index (κ1) is 45.1. The highest BCUT2D eigenvalue weighted by atomic mass is 16.6. The van der Waals surface area contributed by atoms with Crippen molar-refractivity contribution < 1.29 is 28.7 Å². The van der Waals surface area contributed by atoms with Crippen LogP contribution in [0.4, 0.5) is 19.2 Å². The molecule has 50 heavy (non-hydrogen) atoms. The van der Waals surface area contributed by atoms with Crippen molar-refractivity contribution in [3.05, 3.63) is 0 Å². The van der Waals surface area contributed by atoms with Crippen LogP contribution in [0.25, 0.3) is 0 Å². The maximum Gasteiger partial charge on any atom is 0.407 e. The summed E-state index contributed by atoms with van der Waals surface area (Å²) >= 11 is 0. The number of ether oxygens (including phenoxy) is 2. The summed E-state index contributed by atoms with van der Waals surface area (Å²) in [7, 11) is 0. The SMILES string of the molecule is CCCCCCCCOC(=O)NCCCCCCNC(=O)N[C@@H]1CCCC[C@H]1NC(=O)NCCCCCCNC(=O)OCCCCCCCC. The second-order valence-corrected chi connectivity index (χ2v) is 13.8. The number of unbranched alkanes of at least 4 members (excludes halogenated alkanes) is 16. The molecule has 0 bridgehead atoms. The average molecular weight is 711 g/mol. The van der Waals surface area contributed by atoms with E-state index in [1.807, 2.05) is 0 Å². The summed E-state index contributed by atoms with van der Waals surface area (Å²) in [6.45, 7) is 7.75. The van der Waals surface area contributed by atoms with Gasteiger partial charge in [-0.2, -0.15) is 0 Å². The van der Waals surface area contributed by atoms with Crippen LogP contribution in [-0.2, 0) is 9.47 Å². The van der Waals surface area contributed by atoms with Crippen LogP contribution in [0.2, 0.25) is 0 Å². The van der Waals surface area contributed by atoms with Gasteiger partial charge in [-0.25, -0.2) is 19.2 Å². The molecule has 0 aliphatic heterocycles. The smallest absolute Gasteiger partial charge is 0.407 e. The first-order valence-corrected chi connectivity index (χ1v) is 20.4. The molecule has 6 amide bonds. The largest absolute Gasteiger partial charge is 0.450 e. The highest BCUT2D eigenvalue weighted by Crippen LogP contribution is 2.18. The molecule has 0 saturated heterocycles. The monoisotopic (exact) mass is 711 g/mol. The van der Waals surface area contributed by atoms with E-state index in [9.17, 15) is 19.2 Å². The lowest BCUT2D eigenvalue weighted by Gasteiger charge is -2.32. The van der Waals surface area contributed by atoms with Crippen LogP contribution in [0.15, 0.2) is 0 Å². The molecule has 1 aliphatic carbocycles. The summed E-state index contributed by atoms with van der Waals surface area (Å²) in [6.07, 6.45) is 24.4. The minimum absolute atomic E-state index is 0.0913. The lowest BCUT2D eigenvalue weighted by molar-refractivity contribution is 0.142. The van der Waals surface area contributed by atoms with Crippen LogP contribution in [0.5, 0.6) is 0 Å². The number of urea groups is 2. The summed E-state index contributed by atoms with van der Waals surface area (Å²) in [5.74, 6) is 0. The van der Waals surface area contributed by atoms with Crippen molar-refractivity contribution in [1.82, 2.24) is 31.9 Å². The standard InChI is InChI=1S/C38H74N6O6/c1-3-5-7-9-15-23-31-49-37(47)41-29-21-13-11-19-27-39-35(45)43-33-25-17-18-26-34(33)44-36(46)40-28-20-12-14-22-30-42-38(48)50-32-24-16-10-8-6-4-2/h33-34H,3-32H2,1-2H3,(H,41,47)(H,42,48)(H2,39,43,45)(H2,40,44,46)/t33-,34-/m1/s1. The molecular weight excluding hydrogens is 636 g/mol. The van der Waals surface area contributed by atoms with Crippen LogP contribution in [0.1, 0.15) is 168 Å². The van der Waals surface area contributed by atoms with E-state index in [-0.39, 0.29) is 36.3 Å². The molecule has 0 spiro atoms. The first-order valence-electron chi connectivity index (χ1n) is 20.4. The Bertz CT molecular complexity index is 796. The molecule has 0 unspecified atom stereocenters. The van der Waals surface area contributed by atoms with Crippen molar-refractivity contribution in [1.29, 1.82) is 0 Å². The zero-order valence-corrected chi connectivity index (χ0v) is 31.8. The molecule has 0 radical (unpaired) electrons. The van der Waals surface area contributed by atoms with Crippen LogP contribution in [-0.4, -0.2) is 75.7 Å². The second-order valence-electron chi connectivity index (χ2n) is 13.8. The van der Waals surface area contributed by atoms with E-state index in [0.29, 0.717) is 39.4 Å². The van der Waals surface area contributed by atoms with E-state index in [2.05, 4.69) is 45.7 Å². The number of alkyl carbamates (subject to hydrolysis) is 2. The predicted molar refractivity (Wildman–Crippen MR) is 202 cm³/mol. The number of rotatable bonds is 30. The van der Waals surface area contributed by atoms with Gasteiger partial charge in [-0.1, -0.05) is 117 Å². The highest BCUT2D eigenvalue weighted by Gasteiger charge is 2.27. The van der Waals surface area contributed by atoms with Crippen molar-refractivity contribution in [2.24, 2.45) is 0 Å². The Kier molecular flexibility index (Phi) is 30.0. The van der Waals surface area contributed by atoms with Gasteiger partial charge in [0.15, 0.2) is 0 Å². The van der Waals surface area contributed by atoms with E-state index >= 15 is 0 Å². The fourth-order valence-corrected chi connectivity index (χ4v) is 6.10. The zero-order chi connectivity index (χ0) is 36.3. The molecule has 0 heterocycles. The minimum Gasteiger partial charge on any atom is -0.450 e. The summed E-state index contributed by atoms with van der Waals surface area (Å²) in [5, 5.41) is 17.7. The van der Waals surface area contributed by atoms with Crippen molar-refractivity contribution in [2.75, 3.05) is 39.4 Å². The summed E-state index contributed by atoms with van der Waals surface area (Å²) in [4.78, 5) is 48.6. The molecule has 1 saturated carbocycles. The normalized spacial score (nSPS) is 15.5. The van der Waals surface area contributed by atoms with Gasteiger partial charge < -0.3 is 41.4 Å². The third kappa shape index (κ3) is 27.9. The number of hydrogen-bond acceptors (Lipinski definition) is 6. The summed E-state index contributed by atoms with van der Waals surface area (Å²) in [5.41, 5.74) is 0. The van der Waals surface area contributed by atoms with Crippen LogP contribution in [0.3, 0.4) is 0 Å². The lowest BCUT2D eigenvalue weighted by atomic mass is 9.90. The molecule has 1 rings (SSSR count). The van der Waals surface area contributed by atoms with Crippen LogP contribution in [0, 0.1) is 0 Å². The van der Waals surface area contributed by atoms with E-state index in [1.165, 1.54) is 51.4 Å². The predicted octanol–water partition coefficient (Wildman–Crippen LogP) is 8.19. The Labute approximate surface area is 303 Å². The minimum atomic E-state index is -0.333. The third-order valence-corrected chi connectivity index (χ3v) is 9.18. The Balaban J connectivity index is 2.01. The third-order valence-electron chi connectivity index (χ3n) is 9.18. The van der Waals surface area contributed by atoms with E-state index in [0.717, 1.165) is 103 Å². The molecule has 6 N–H and O–H groups in total. The van der Waals surface area contributed by atoms with Gasteiger partial charge in [0.25, 0.3) is 0 Å². The molecule has 0 aromatic rings. The number of nitrogens with one attached hydrogen (secondary N) is 6. The number of hydrogen-bond donors (Lipinski definition) is 6. The fourth-order valence-electron chi connectivity index (χ4n) is 6.10. The number of carbonyl (C=O) groups is 4. The number of carbonyl (C=O) groups excluding carboxylic acids is 4. The van der Waals surface area contributed by atoms with Crippen LogP contribution >= 0.6 is 0 Å². The molecule has 1 fully saturated rings. The maximum atomic E-state index is 12.5. The lowest BCUT2D eigenvalue weighted by Crippen LogP contribution is -2.56. The van der Waals surface area contributed by atoms with Crippen molar-refractivity contribution >= 4 is 24.2 Å². The highest BCUT2D eigenvalue weighted by molar-refractivity contribution is 5.76. The van der Waals surface area contributed by atoms with E-state index in [1.54, 1.807) is 0 Å². The van der Waals surface area contributed by atoms with Gasteiger partial charge in [0.1, 0.15) is 0 Å². The molecule has 1 aliphatic rings. The van der Waals surface area contributed by atoms with Gasteiger partial charge >= 0.3 is 24.2 Å². The summed E-state index contributed by atoms with van der Waals surface area (Å²) in [6, 6.07) is -0.573. The van der Waals surface area contributed by atoms with Gasteiger partial charge in [0, 0.05) is 26.2 Å². The van der Waals surface area contributed by atoms with Crippen molar-refractivity contribution in [3.8, 4) is 0 Å². The molecule has 12 nitrogen and oxygen atoms in total. The summed E-state index contributed by atoms with van der Waals surface area (Å²) < 4.78 is 10.5. The van der Waals surface area contributed by atoms with Crippen molar-refractivity contribution in [3.63, 3.8) is 0 Å². The van der Waals surface area contributed by atoms with Crippen molar-refractivity contribution in [2.45, 2.75) is 180 Å². The number of amides is 6. The molecule has 292 valence electrons. The van der Waals surface area contributed by atoms with Gasteiger partial charge in [-0.15, -0.1) is 0 Å². The van der Waals surface area contributed by atoms with Gasteiger partial charge in [0.2, 0.25) is 0 Å². The molecule has 0 aromatic carbocycles. The van der Waals surface area contributed by atoms with Gasteiger partial charge in [-0.05, 0) is 51.4 Å². The van der Waals surface area contributed by atoms with Gasteiger partial charge in [-0.3, -0.25) is 0 Å². The fraction of sp³-hybridized carbons (Fsp3) is 0.895. The molecular formula is C38H74N6O6. The Morgan fingerprint density at radius 1 is 0.440 bits per heavy atom. The topological polar surface area (TPSA) is 159 Å². The Hall–Kier alpha value is -2.92. The average Bonchev–Trinajstić information content (AvgIpc) is 3.10. The van der Waals surface area contributed by atoms with E-state index in [4.69, 9.17) is 9.47 Å². The van der Waals surface area contributed by atoms with E-state index < -0.39 is 0 Å². The zero-order valence-electron chi connectivity index (χ0n) is 31.8. The quantitative estimate of drug-likeness (QED) is 0.0413. The molecule has 0 aromatic heterocycles. The van der Waals surface area contributed by atoms with Crippen LogP contribution < -0.4 is 31.9 Å². The van der Waals surface area contributed by atoms with Gasteiger partial charge in [0.05, 0.1) is 25.3 Å². The Morgan fingerprint density at radius 2 is 0.760 bits per heavy atom. The molecule has 2 atom stereocenters. The second kappa shape index (κ2) is 33.2. The molecule has 12 heteroatoms. The Morgan fingerprint density at radius 3 is 1.14 bits per heavy atom. The maximum absolute atomic E-state index is 12.5.